The van der Waals surface area contributed by atoms with E-state index in [-0.39, 0.29) is 23.8 Å². The summed E-state index contributed by atoms with van der Waals surface area (Å²) in [5.41, 5.74) is 3.04. The molecule has 4 aromatic heterocycles. The summed E-state index contributed by atoms with van der Waals surface area (Å²) in [6.45, 7) is 8.67. The van der Waals surface area contributed by atoms with Crippen LogP contribution in [0.1, 0.15) is 44.0 Å². The number of carbonyl (C=O) groups is 2. The smallest absolute Gasteiger partial charge is 0.251 e. The molecule has 1 aliphatic rings. The van der Waals surface area contributed by atoms with E-state index in [4.69, 9.17) is 4.98 Å². The van der Waals surface area contributed by atoms with Crippen LogP contribution in [0.15, 0.2) is 48.0 Å². The van der Waals surface area contributed by atoms with E-state index >= 15 is 0 Å². The van der Waals surface area contributed by atoms with Crippen molar-refractivity contribution in [1.82, 2.24) is 29.8 Å². The predicted octanol–water partition coefficient (Wildman–Crippen LogP) is 4.33. The Hall–Kier alpha value is -3.63. The Bertz CT molecular complexity index is 1410. The van der Waals surface area contributed by atoms with Gasteiger partial charge in [-0.2, -0.15) is 5.10 Å². The third-order valence-electron chi connectivity index (χ3n) is 6.64. The first-order valence-electron chi connectivity index (χ1n) is 12.7. The Balaban J connectivity index is 1.44. The summed E-state index contributed by atoms with van der Waals surface area (Å²) in [6.07, 6.45) is 3.63. The Kier molecular flexibility index (Phi) is 7.29. The van der Waals surface area contributed by atoms with Gasteiger partial charge in [-0.05, 0) is 62.5 Å². The van der Waals surface area contributed by atoms with Gasteiger partial charge in [-0.1, -0.05) is 19.9 Å². The maximum atomic E-state index is 13.2. The summed E-state index contributed by atoms with van der Waals surface area (Å²) in [5, 5.41) is 12.6. The number of carbonyl (C=O) groups excluding carboxylic acids is 2. The summed E-state index contributed by atoms with van der Waals surface area (Å²) >= 11 is 1.63. The van der Waals surface area contributed by atoms with E-state index in [1.54, 1.807) is 28.0 Å². The van der Waals surface area contributed by atoms with E-state index in [0.717, 1.165) is 36.5 Å². The van der Waals surface area contributed by atoms with Gasteiger partial charge in [0.05, 0.1) is 16.3 Å². The van der Waals surface area contributed by atoms with Gasteiger partial charge in [0.15, 0.2) is 5.65 Å². The molecule has 0 bridgehead atoms. The fourth-order valence-electron chi connectivity index (χ4n) is 4.32. The van der Waals surface area contributed by atoms with Crippen molar-refractivity contribution in [2.75, 3.05) is 25.0 Å². The van der Waals surface area contributed by atoms with E-state index in [2.05, 4.69) is 46.4 Å². The van der Waals surface area contributed by atoms with E-state index in [1.165, 1.54) is 0 Å². The van der Waals surface area contributed by atoms with Crippen molar-refractivity contribution in [3.8, 4) is 22.0 Å². The van der Waals surface area contributed by atoms with Crippen molar-refractivity contribution in [3.63, 3.8) is 0 Å². The van der Waals surface area contributed by atoms with E-state index in [0.29, 0.717) is 35.0 Å². The molecule has 5 rings (SSSR count). The number of likely N-dealkylation sites (N-methyl/N-ethyl adjacent to an activating group) is 1. The number of pyridine rings is 1. The molecule has 0 saturated heterocycles. The number of amides is 2. The molecule has 0 radical (unpaired) electrons. The maximum Gasteiger partial charge on any atom is 0.251 e. The lowest BCUT2D eigenvalue weighted by molar-refractivity contribution is -0.117. The van der Waals surface area contributed by atoms with Crippen molar-refractivity contribution >= 4 is 34.6 Å². The Morgan fingerprint density at radius 1 is 1.11 bits per heavy atom. The van der Waals surface area contributed by atoms with E-state index < -0.39 is 0 Å². The van der Waals surface area contributed by atoms with Crippen molar-refractivity contribution in [2.24, 2.45) is 5.92 Å². The lowest BCUT2D eigenvalue weighted by atomic mass is 10.1. The molecule has 0 aromatic carbocycles. The SMILES string of the molecule is CCN(CC)C(C)CNC(=O)c1cc(NC(=O)C2CC2)nc(-c2cc3nc(-c4cccs4)ccn3n2)c1. The second kappa shape index (κ2) is 10.8. The van der Waals surface area contributed by atoms with Gasteiger partial charge in [-0.25, -0.2) is 14.5 Å². The Labute approximate surface area is 219 Å². The molecule has 2 amide bonds. The summed E-state index contributed by atoms with van der Waals surface area (Å²) in [5.74, 6) is 0.0863. The largest absolute Gasteiger partial charge is 0.350 e. The number of fused-ring (bicyclic) bond motifs is 1. The molecular weight excluding hydrogens is 486 g/mol. The van der Waals surface area contributed by atoms with Crippen molar-refractivity contribution in [1.29, 1.82) is 0 Å². The molecule has 0 aliphatic heterocycles. The zero-order valence-electron chi connectivity index (χ0n) is 21.3. The van der Waals surface area contributed by atoms with Crippen molar-refractivity contribution in [3.05, 3.63) is 53.5 Å². The minimum atomic E-state index is -0.216. The van der Waals surface area contributed by atoms with Crippen LogP contribution in [0.5, 0.6) is 0 Å². The summed E-state index contributed by atoms with van der Waals surface area (Å²) in [6, 6.07) is 11.3. The number of thiophene rings is 1. The van der Waals surface area contributed by atoms with Crippen molar-refractivity contribution < 1.29 is 9.59 Å². The third-order valence-corrected chi connectivity index (χ3v) is 7.53. The minimum Gasteiger partial charge on any atom is -0.350 e. The van der Waals surface area contributed by atoms with E-state index in [9.17, 15) is 9.59 Å². The number of aromatic nitrogens is 4. The van der Waals surface area contributed by atoms with Gasteiger partial charge in [-0.15, -0.1) is 11.3 Å². The first-order chi connectivity index (χ1) is 17.9. The van der Waals surface area contributed by atoms with Crippen LogP contribution in [0, 0.1) is 5.92 Å². The van der Waals surface area contributed by atoms with E-state index in [1.807, 2.05) is 35.8 Å². The number of hydrogen-bond acceptors (Lipinski definition) is 7. The van der Waals surface area contributed by atoms with Crippen LogP contribution in [0.2, 0.25) is 0 Å². The van der Waals surface area contributed by atoms with Gasteiger partial charge >= 0.3 is 0 Å². The molecule has 1 aliphatic carbocycles. The Morgan fingerprint density at radius 3 is 2.62 bits per heavy atom. The third kappa shape index (κ3) is 5.70. The number of nitrogens with zero attached hydrogens (tertiary/aromatic N) is 5. The Morgan fingerprint density at radius 2 is 1.92 bits per heavy atom. The fourth-order valence-corrected chi connectivity index (χ4v) is 5.01. The number of nitrogens with one attached hydrogen (secondary N) is 2. The molecule has 1 fully saturated rings. The van der Waals surface area contributed by atoms with Crippen LogP contribution in [-0.2, 0) is 4.79 Å². The van der Waals surface area contributed by atoms with Crippen LogP contribution < -0.4 is 10.6 Å². The molecule has 4 heterocycles. The van der Waals surface area contributed by atoms with Crippen LogP contribution in [0.25, 0.3) is 27.6 Å². The van der Waals surface area contributed by atoms with Gasteiger partial charge in [0.2, 0.25) is 5.91 Å². The predicted molar refractivity (Wildman–Crippen MR) is 146 cm³/mol. The average molecular weight is 518 g/mol. The normalized spacial score (nSPS) is 14.2. The lowest BCUT2D eigenvalue weighted by Gasteiger charge is -2.26. The standard InChI is InChI=1S/C27H31N7O2S/c1-4-33(5-2)17(3)16-28-26(35)19-13-21(29-24(14-19)31-27(36)18-8-9-18)22-15-25-30-20(10-11-34(25)32-22)23-7-6-12-37-23/h6-7,10-15,17-18H,4-5,8-9,16H2,1-3H3,(H,28,35)(H,29,31,36). The van der Waals surface area contributed by atoms with Crippen LogP contribution in [0.3, 0.4) is 0 Å². The first-order valence-corrected chi connectivity index (χ1v) is 13.6. The molecule has 0 spiro atoms. The van der Waals surface area contributed by atoms with Gasteiger partial charge in [-0.3, -0.25) is 14.5 Å². The summed E-state index contributed by atoms with van der Waals surface area (Å²) in [4.78, 5) is 38.3. The molecule has 10 heteroatoms. The highest BCUT2D eigenvalue weighted by Crippen LogP contribution is 2.31. The van der Waals surface area contributed by atoms with Gasteiger partial charge < -0.3 is 10.6 Å². The lowest BCUT2D eigenvalue weighted by Crippen LogP contribution is -2.42. The van der Waals surface area contributed by atoms with Gasteiger partial charge in [0.25, 0.3) is 5.91 Å². The topological polar surface area (TPSA) is 105 Å². The molecule has 9 nitrogen and oxygen atoms in total. The fraction of sp³-hybridized carbons (Fsp3) is 0.370. The first kappa shape index (κ1) is 25.0. The highest BCUT2D eigenvalue weighted by atomic mass is 32.1. The second-order valence-electron chi connectivity index (χ2n) is 9.29. The molecule has 1 atom stereocenters. The second-order valence-corrected chi connectivity index (χ2v) is 10.2. The molecule has 192 valence electrons. The summed E-state index contributed by atoms with van der Waals surface area (Å²) in [7, 11) is 0. The van der Waals surface area contributed by atoms with Crippen LogP contribution >= 0.6 is 11.3 Å². The van der Waals surface area contributed by atoms with Crippen LogP contribution in [-0.4, -0.2) is 62.0 Å². The number of rotatable bonds is 10. The number of anilines is 1. The highest BCUT2D eigenvalue weighted by Gasteiger charge is 2.30. The maximum absolute atomic E-state index is 13.2. The quantitative estimate of drug-likeness (QED) is 0.325. The average Bonchev–Trinajstić information content (AvgIpc) is 3.44. The molecular formula is C27H31N7O2S. The zero-order chi connectivity index (χ0) is 25.9. The molecule has 2 N–H and O–H groups in total. The number of hydrogen-bond donors (Lipinski definition) is 2. The molecule has 1 saturated carbocycles. The summed E-state index contributed by atoms with van der Waals surface area (Å²) < 4.78 is 1.69. The van der Waals surface area contributed by atoms with Crippen LogP contribution in [0.4, 0.5) is 5.82 Å². The monoisotopic (exact) mass is 517 g/mol. The zero-order valence-corrected chi connectivity index (χ0v) is 22.1. The highest BCUT2D eigenvalue weighted by molar-refractivity contribution is 7.13. The molecule has 1 unspecified atom stereocenters. The van der Waals surface area contributed by atoms with Crippen molar-refractivity contribution in [2.45, 2.75) is 39.7 Å². The van der Waals surface area contributed by atoms with Gasteiger partial charge in [0, 0.05) is 36.3 Å². The minimum absolute atomic E-state index is 0.0210. The molecule has 4 aromatic rings. The molecule has 37 heavy (non-hydrogen) atoms. The van der Waals surface area contributed by atoms with Gasteiger partial charge in [0.1, 0.15) is 11.5 Å².